The lowest BCUT2D eigenvalue weighted by atomic mass is 10.1. The number of furan rings is 1. The van der Waals surface area contributed by atoms with Crippen molar-refractivity contribution in [3.8, 4) is 0 Å². The first-order chi connectivity index (χ1) is 9.28. The van der Waals surface area contributed by atoms with E-state index in [1.807, 2.05) is 6.07 Å². The van der Waals surface area contributed by atoms with Crippen molar-refractivity contribution < 1.29 is 4.42 Å². The van der Waals surface area contributed by atoms with Gasteiger partial charge in [-0.2, -0.15) is 0 Å². The number of para-hydroxylation sites is 1. The van der Waals surface area contributed by atoms with Crippen molar-refractivity contribution >= 4 is 26.9 Å². The molecule has 1 unspecified atom stereocenters. The SMILES string of the molecule is CCNC(CCC1CC1)c1cc2cccc(Br)c2o1. The van der Waals surface area contributed by atoms with E-state index in [4.69, 9.17) is 4.42 Å². The fourth-order valence-electron chi connectivity index (χ4n) is 2.62. The van der Waals surface area contributed by atoms with Crippen LogP contribution in [0.5, 0.6) is 0 Å². The average molecular weight is 322 g/mol. The third-order valence-corrected chi connectivity index (χ3v) is 4.49. The minimum absolute atomic E-state index is 0.352. The van der Waals surface area contributed by atoms with Crippen molar-refractivity contribution in [1.82, 2.24) is 5.32 Å². The standard InChI is InChI=1S/C16H20BrNO/c1-2-18-14(9-8-11-6-7-11)15-10-12-4-3-5-13(17)16(12)19-15/h3-5,10-11,14,18H,2,6-9H2,1H3. The van der Waals surface area contributed by atoms with Gasteiger partial charge < -0.3 is 9.73 Å². The van der Waals surface area contributed by atoms with Crippen LogP contribution in [0.4, 0.5) is 0 Å². The van der Waals surface area contributed by atoms with E-state index in [9.17, 15) is 0 Å². The van der Waals surface area contributed by atoms with E-state index in [1.165, 1.54) is 31.1 Å². The normalized spacial score (nSPS) is 16.9. The molecular formula is C16H20BrNO. The van der Waals surface area contributed by atoms with Gasteiger partial charge in [-0.3, -0.25) is 0 Å². The predicted molar refractivity (Wildman–Crippen MR) is 82.3 cm³/mol. The molecular weight excluding hydrogens is 302 g/mol. The Kier molecular flexibility index (Phi) is 3.94. The Morgan fingerprint density at radius 2 is 2.26 bits per heavy atom. The Balaban J connectivity index is 1.83. The molecule has 0 radical (unpaired) electrons. The zero-order chi connectivity index (χ0) is 13.2. The molecule has 0 saturated heterocycles. The van der Waals surface area contributed by atoms with Crippen molar-refractivity contribution in [2.45, 2.75) is 38.6 Å². The molecule has 3 heteroatoms. The Hall–Kier alpha value is -0.800. The maximum atomic E-state index is 6.06. The van der Waals surface area contributed by atoms with Gasteiger partial charge in [-0.25, -0.2) is 0 Å². The van der Waals surface area contributed by atoms with Crippen molar-refractivity contribution in [1.29, 1.82) is 0 Å². The molecule has 0 aliphatic heterocycles. The molecule has 1 aromatic heterocycles. The summed E-state index contributed by atoms with van der Waals surface area (Å²) in [6, 6.07) is 8.72. The highest BCUT2D eigenvalue weighted by molar-refractivity contribution is 9.10. The molecule has 1 aliphatic rings. The molecule has 1 fully saturated rings. The lowest BCUT2D eigenvalue weighted by Crippen LogP contribution is -2.20. The molecule has 1 aliphatic carbocycles. The first-order valence-corrected chi connectivity index (χ1v) is 7.98. The Labute approximate surface area is 122 Å². The first-order valence-electron chi connectivity index (χ1n) is 7.19. The number of nitrogens with one attached hydrogen (secondary N) is 1. The van der Waals surface area contributed by atoms with E-state index in [2.05, 4.69) is 46.4 Å². The minimum Gasteiger partial charge on any atom is -0.458 e. The third-order valence-electron chi connectivity index (χ3n) is 3.87. The van der Waals surface area contributed by atoms with E-state index in [0.717, 1.165) is 28.3 Å². The molecule has 0 spiro atoms. The molecule has 1 aromatic carbocycles. The molecule has 1 atom stereocenters. The fourth-order valence-corrected chi connectivity index (χ4v) is 3.08. The summed E-state index contributed by atoms with van der Waals surface area (Å²) in [6.45, 7) is 3.14. The van der Waals surface area contributed by atoms with Crippen LogP contribution < -0.4 is 5.32 Å². The molecule has 0 amide bonds. The van der Waals surface area contributed by atoms with Crippen LogP contribution in [0.2, 0.25) is 0 Å². The highest BCUT2D eigenvalue weighted by Gasteiger charge is 2.24. The summed E-state index contributed by atoms with van der Waals surface area (Å²) in [5, 5.41) is 4.73. The second-order valence-electron chi connectivity index (χ2n) is 5.44. The van der Waals surface area contributed by atoms with Crippen LogP contribution >= 0.6 is 15.9 Å². The number of halogens is 1. The van der Waals surface area contributed by atoms with Crippen LogP contribution in [0.25, 0.3) is 11.0 Å². The summed E-state index contributed by atoms with van der Waals surface area (Å²) < 4.78 is 7.09. The highest BCUT2D eigenvalue weighted by Crippen LogP contribution is 2.37. The van der Waals surface area contributed by atoms with Crippen LogP contribution in [0.1, 0.15) is 44.4 Å². The van der Waals surface area contributed by atoms with E-state index >= 15 is 0 Å². The molecule has 1 heterocycles. The zero-order valence-corrected chi connectivity index (χ0v) is 12.9. The van der Waals surface area contributed by atoms with Crippen LogP contribution in [-0.2, 0) is 0 Å². The molecule has 3 rings (SSSR count). The van der Waals surface area contributed by atoms with E-state index in [-0.39, 0.29) is 0 Å². The predicted octanol–water partition coefficient (Wildman–Crippen LogP) is 5.04. The van der Waals surface area contributed by atoms with Gasteiger partial charge in [0, 0.05) is 5.39 Å². The fraction of sp³-hybridized carbons (Fsp3) is 0.500. The average Bonchev–Trinajstić information content (AvgIpc) is 3.12. The van der Waals surface area contributed by atoms with Crippen molar-refractivity contribution in [3.63, 3.8) is 0 Å². The van der Waals surface area contributed by atoms with Crippen LogP contribution in [0, 0.1) is 5.92 Å². The van der Waals surface area contributed by atoms with E-state index < -0.39 is 0 Å². The summed E-state index contributed by atoms with van der Waals surface area (Å²) in [5.74, 6) is 2.04. The third kappa shape index (κ3) is 3.03. The number of hydrogen-bond donors (Lipinski definition) is 1. The van der Waals surface area contributed by atoms with Crippen molar-refractivity contribution in [3.05, 3.63) is 34.5 Å². The van der Waals surface area contributed by atoms with Gasteiger partial charge in [-0.05, 0) is 53.4 Å². The zero-order valence-electron chi connectivity index (χ0n) is 11.3. The lowest BCUT2D eigenvalue weighted by molar-refractivity contribution is 0.402. The quantitative estimate of drug-likeness (QED) is 0.806. The number of hydrogen-bond acceptors (Lipinski definition) is 2. The van der Waals surface area contributed by atoms with E-state index in [1.54, 1.807) is 0 Å². The number of benzene rings is 1. The molecule has 2 nitrogen and oxygen atoms in total. The molecule has 19 heavy (non-hydrogen) atoms. The van der Waals surface area contributed by atoms with Gasteiger partial charge in [0.15, 0.2) is 0 Å². The Morgan fingerprint density at radius 1 is 1.42 bits per heavy atom. The summed E-state index contributed by atoms with van der Waals surface area (Å²) >= 11 is 3.56. The summed E-state index contributed by atoms with van der Waals surface area (Å²) in [7, 11) is 0. The largest absolute Gasteiger partial charge is 0.458 e. The Morgan fingerprint density at radius 3 is 2.95 bits per heavy atom. The van der Waals surface area contributed by atoms with Gasteiger partial charge in [0.1, 0.15) is 11.3 Å². The molecule has 102 valence electrons. The summed E-state index contributed by atoms with van der Waals surface area (Å²) in [6.07, 6.45) is 5.33. The lowest BCUT2D eigenvalue weighted by Gasteiger charge is -2.14. The second kappa shape index (κ2) is 5.68. The minimum atomic E-state index is 0.352. The summed E-state index contributed by atoms with van der Waals surface area (Å²) in [4.78, 5) is 0. The van der Waals surface area contributed by atoms with Crippen molar-refractivity contribution in [2.24, 2.45) is 5.92 Å². The van der Waals surface area contributed by atoms with Gasteiger partial charge in [-0.1, -0.05) is 31.9 Å². The molecule has 1 N–H and O–H groups in total. The topological polar surface area (TPSA) is 25.2 Å². The molecule has 1 saturated carbocycles. The molecule has 2 aromatic rings. The van der Waals surface area contributed by atoms with Gasteiger partial charge in [-0.15, -0.1) is 0 Å². The second-order valence-corrected chi connectivity index (χ2v) is 6.29. The highest BCUT2D eigenvalue weighted by atomic mass is 79.9. The summed E-state index contributed by atoms with van der Waals surface area (Å²) in [5.41, 5.74) is 0.965. The Bertz CT molecular complexity index is 559. The van der Waals surface area contributed by atoms with Gasteiger partial charge in [0.05, 0.1) is 10.5 Å². The molecule has 0 bridgehead atoms. The van der Waals surface area contributed by atoms with Gasteiger partial charge in [0.25, 0.3) is 0 Å². The maximum Gasteiger partial charge on any atom is 0.148 e. The maximum absolute atomic E-state index is 6.06. The number of rotatable bonds is 6. The van der Waals surface area contributed by atoms with Crippen molar-refractivity contribution in [2.75, 3.05) is 6.54 Å². The van der Waals surface area contributed by atoms with Gasteiger partial charge in [0.2, 0.25) is 0 Å². The van der Waals surface area contributed by atoms with Crippen LogP contribution in [-0.4, -0.2) is 6.54 Å². The number of fused-ring (bicyclic) bond motifs is 1. The van der Waals surface area contributed by atoms with E-state index in [0.29, 0.717) is 6.04 Å². The van der Waals surface area contributed by atoms with Crippen LogP contribution in [0.3, 0.4) is 0 Å². The monoisotopic (exact) mass is 321 g/mol. The van der Waals surface area contributed by atoms with Crippen LogP contribution in [0.15, 0.2) is 33.2 Å². The van der Waals surface area contributed by atoms with Gasteiger partial charge >= 0.3 is 0 Å². The first kappa shape index (κ1) is 13.2. The smallest absolute Gasteiger partial charge is 0.148 e.